The number of nitrogens with zero attached hydrogens (tertiary/aromatic N) is 3. The first kappa shape index (κ1) is 22.4. The van der Waals surface area contributed by atoms with E-state index < -0.39 is 15.8 Å². The van der Waals surface area contributed by atoms with E-state index in [9.17, 15) is 17.6 Å². The molecule has 0 bridgehead atoms. The number of para-hydroxylation sites is 1. The molecule has 0 saturated carbocycles. The van der Waals surface area contributed by atoms with Gasteiger partial charge in [0.05, 0.1) is 16.0 Å². The van der Waals surface area contributed by atoms with Gasteiger partial charge in [-0.2, -0.15) is 4.31 Å². The second kappa shape index (κ2) is 8.96. The molecule has 0 radical (unpaired) electrons. The van der Waals surface area contributed by atoms with Crippen molar-refractivity contribution in [3.63, 3.8) is 0 Å². The first-order valence-electron chi connectivity index (χ1n) is 10.7. The van der Waals surface area contributed by atoms with Crippen LogP contribution in [0.15, 0.2) is 59.5 Å². The zero-order valence-electron chi connectivity index (χ0n) is 18.2. The first-order valence-corrected chi connectivity index (χ1v) is 12.2. The smallest absolute Gasteiger partial charge is 0.254 e. The van der Waals surface area contributed by atoms with Gasteiger partial charge < -0.3 is 4.90 Å². The molecule has 3 aromatic rings. The summed E-state index contributed by atoms with van der Waals surface area (Å²) in [6.07, 6.45) is 0.520. The van der Waals surface area contributed by atoms with Crippen molar-refractivity contribution in [2.24, 2.45) is 0 Å². The third kappa shape index (κ3) is 4.38. The molecule has 1 saturated heterocycles. The van der Waals surface area contributed by atoms with Crippen LogP contribution in [0, 0.1) is 5.82 Å². The van der Waals surface area contributed by atoms with Gasteiger partial charge >= 0.3 is 0 Å². The van der Waals surface area contributed by atoms with E-state index in [2.05, 4.69) is 4.98 Å². The number of hydrogen-bond donors (Lipinski definition) is 0. The maximum Gasteiger partial charge on any atom is 0.254 e. The zero-order valence-corrected chi connectivity index (χ0v) is 19.0. The molecule has 2 aromatic carbocycles. The van der Waals surface area contributed by atoms with E-state index >= 15 is 0 Å². The quantitative estimate of drug-likeness (QED) is 0.596. The number of pyridine rings is 1. The van der Waals surface area contributed by atoms with Gasteiger partial charge in [-0.3, -0.25) is 9.78 Å². The summed E-state index contributed by atoms with van der Waals surface area (Å²) in [4.78, 5) is 19.9. The van der Waals surface area contributed by atoms with Crippen LogP contribution in [0.4, 0.5) is 4.39 Å². The number of amides is 1. The van der Waals surface area contributed by atoms with Crippen molar-refractivity contribution in [2.45, 2.75) is 31.1 Å². The number of benzene rings is 2. The number of sulfonamides is 1. The lowest BCUT2D eigenvalue weighted by Crippen LogP contribution is -2.37. The average Bonchev–Trinajstić information content (AvgIpc) is 3.05. The second-order valence-electron chi connectivity index (χ2n) is 8.27. The van der Waals surface area contributed by atoms with Crippen molar-refractivity contribution < 1.29 is 17.6 Å². The summed E-state index contributed by atoms with van der Waals surface area (Å²) >= 11 is 0. The lowest BCUT2D eigenvalue weighted by atomic mass is 10.0. The van der Waals surface area contributed by atoms with Crippen molar-refractivity contribution in [1.82, 2.24) is 14.2 Å². The van der Waals surface area contributed by atoms with Gasteiger partial charge in [0.2, 0.25) is 10.0 Å². The summed E-state index contributed by atoms with van der Waals surface area (Å²) in [5.41, 5.74) is 2.22. The maximum absolute atomic E-state index is 13.5. The predicted molar refractivity (Wildman–Crippen MR) is 122 cm³/mol. The highest BCUT2D eigenvalue weighted by molar-refractivity contribution is 7.89. The summed E-state index contributed by atoms with van der Waals surface area (Å²) in [7, 11) is -3.75. The third-order valence-corrected chi connectivity index (χ3v) is 7.66. The van der Waals surface area contributed by atoms with Crippen LogP contribution < -0.4 is 0 Å². The monoisotopic (exact) mass is 455 g/mol. The molecule has 4 rings (SSSR count). The van der Waals surface area contributed by atoms with Gasteiger partial charge in [0, 0.05) is 37.3 Å². The van der Waals surface area contributed by atoms with Crippen LogP contribution in [0.25, 0.3) is 10.9 Å². The Bertz CT molecular complexity index is 1240. The SMILES string of the molecule is CC(C)c1cc(C(=O)N2CCCN(S(=O)(=O)c3ccc(F)cc3)CC2)c2ccccc2n1. The number of carbonyl (C=O) groups excluding carboxylic acids is 1. The van der Waals surface area contributed by atoms with E-state index in [-0.39, 0.29) is 29.8 Å². The minimum Gasteiger partial charge on any atom is -0.337 e. The maximum atomic E-state index is 13.5. The predicted octanol–water partition coefficient (Wildman–Crippen LogP) is 4.03. The molecule has 32 heavy (non-hydrogen) atoms. The summed E-state index contributed by atoms with van der Waals surface area (Å²) < 4.78 is 40.6. The Morgan fingerprint density at radius 2 is 1.72 bits per heavy atom. The topological polar surface area (TPSA) is 70.6 Å². The van der Waals surface area contributed by atoms with Crippen LogP contribution in [0.1, 0.15) is 42.2 Å². The Morgan fingerprint density at radius 1 is 1.00 bits per heavy atom. The fourth-order valence-corrected chi connectivity index (χ4v) is 5.40. The molecule has 1 fully saturated rings. The van der Waals surface area contributed by atoms with Crippen molar-refractivity contribution in [3.8, 4) is 0 Å². The summed E-state index contributed by atoms with van der Waals surface area (Å²) in [5, 5.41) is 0.793. The van der Waals surface area contributed by atoms with E-state index in [1.54, 1.807) is 4.90 Å². The minimum atomic E-state index is -3.75. The van der Waals surface area contributed by atoms with Crippen LogP contribution >= 0.6 is 0 Å². The molecule has 2 heterocycles. The number of halogens is 1. The van der Waals surface area contributed by atoms with Gasteiger partial charge in [-0.15, -0.1) is 0 Å². The summed E-state index contributed by atoms with van der Waals surface area (Å²) in [6, 6.07) is 14.3. The second-order valence-corrected chi connectivity index (χ2v) is 10.2. The molecule has 6 nitrogen and oxygen atoms in total. The Labute approximate surface area is 187 Å². The Kier molecular flexibility index (Phi) is 6.26. The summed E-state index contributed by atoms with van der Waals surface area (Å²) in [5.74, 6) is -0.430. The van der Waals surface area contributed by atoms with E-state index in [4.69, 9.17) is 0 Å². The number of hydrogen-bond acceptors (Lipinski definition) is 4. The first-order chi connectivity index (χ1) is 15.3. The van der Waals surface area contributed by atoms with Crippen LogP contribution in [-0.4, -0.2) is 54.7 Å². The van der Waals surface area contributed by atoms with E-state index in [1.165, 1.54) is 16.4 Å². The van der Waals surface area contributed by atoms with E-state index in [0.717, 1.165) is 28.7 Å². The molecule has 1 aliphatic rings. The van der Waals surface area contributed by atoms with Gasteiger partial charge in [0.1, 0.15) is 5.82 Å². The van der Waals surface area contributed by atoms with Gasteiger partial charge in [0.15, 0.2) is 0 Å². The van der Waals surface area contributed by atoms with Crippen molar-refractivity contribution in [2.75, 3.05) is 26.2 Å². The van der Waals surface area contributed by atoms with Gasteiger partial charge in [-0.1, -0.05) is 32.0 Å². The molecule has 8 heteroatoms. The largest absolute Gasteiger partial charge is 0.337 e. The molecule has 1 aromatic heterocycles. The fraction of sp³-hybridized carbons (Fsp3) is 0.333. The van der Waals surface area contributed by atoms with Crippen LogP contribution in [0.2, 0.25) is 0 Å². The highest BCUT2D eigenvalue weighted by atomic mass is 32.2. The van der Waals surface area contributed by atoms with Gasteiger partial charge in [-0.05, 0) is 48.7 Å². The average molecular weight is 456 g/mol. The van der Waals surface area contributed by atoms with Crippen molar-refractivity contribution in [3.05, 3.63) is 71.7 Å². The number of rotatable bonds is 4. The van der Waals surface area contributed by atoms with Crippen LogP contribution in [0.5, 0.6) is 0 Å². The third-order valence-electron chi connectivity index (χ3n) is 5.75. The highest BCUT2D eigenvalue weighted by Crippen LogP contribution is 2.25. The Morgan fingerprint density at radius 3 is 2.44 bits per heavy atom. The molecular weight excluding hydrogens is 429 g/mol. The molecule has 0 spiro atoms. The molecule has 1 amide bonds. The lowest BCUT2D eigenvalue weighted by molar-refractivity contribution is 0.0766. The Hall–Kier alpha value is -2.84. The van der Waals surface area contributed by atoms with E-state index in [1.807, 2.05) is 44.2 Å². The van der Waals surface area contributed by atoms with Gasteiger partial charge in [0.25, 0.3) is 5.91 Å². The molecule has 0 aliphatic carbocycles. The number of carbonyl (C=O) groups is 1. The standard InChI is InChI=1S/C24H26FN3O3S/c1-17(2)23-16-21(20-6-3-4-7-22(20)26-23)24(29)27-12-5-13-28(15-14-27)32(30,31)19-10-8-18(25)9-11-19/h3-4,6-11,16-17H,5,12-15H2,1-2H3. The molecular formula is C24H26FN3O3S. The van der Waals surface area contributed by atoms with Crippen LogP contribution in [-0.2, 0) is 10.0 Å². The normalized spacial score (nSPS) is 15.8. The fourth-order valence-electron chi connectivity index (χ4n) is 3.93. The minimum absolute atomic E-state index is 0.0559. The zero-order chi connectivity index (χ0) is 22.9. The van der Waals surface area contributed by atoms with E-state index in [0.29, 0.717) is 25.1 Å². The molecule has 168 valence electrons. The number of aromatic nitrogens is 1. The van der Waals surface area contributed by atoms with Crippen molar-refractivity contribution >= 4 is 26.8 Å². The highest BCUT2D eigenvalue weighted by Gasteiger charge is 2.29. The van der Waals surface area contributed by atoms with Crippen LogP contribution in [0.3, 0.4) is 0 Å². The van der Waals surface area contributed by atoms with Crippen molar-refractivity contribution in [1.29, 1.82) is 0 Å². The number of fused-ring (bicyclic) bond motifs is 1. The molecule has 0 unspecified atom stereocenters. The molecule has 0 N–H and O–H groups in total. The lowest BCUT2D eigenvalue weighted by Gasteiger charge is -2.23. The van der Waals surface area contributed by atoms with Gasteiger partial charge in [-0.25, -0.2) is 12.8 Å². The molecule has 1 aliphatic heterocycles. The molecule has 0 atom stereocenters. The summed E-state index contributed by atoms with van der Waals surface area (Å²) in [6.45, 7) is 5.31. The Balaban J connectivity index is 1.59.